The van der Waals surface area contributed by atoms with Crippen molar-refractivity contribution in [2.45, 2.75) is 65.9 Å². The number of aliphatic hydroxyl groups is 1. The highest BCUT2D eigenvalue weighted by atomic mass is 16.3. The summed E-state index contributed by atoms with van der Waals surface area (Å²) in [5.41, 5.74) is 0.488. The van der Waals surface area contributed by atoms with Gasteiger partial charge in [0.15, 0.2) is 0 Å². The Labute approximate surface area is 139 Å². The molecule has 0 saturated heterocycles. The third-order valence-electron chi connectivity index (χ3n) is 6.22. The summed E-state index contributed by atoms with van der Waals surface area (Å²) in [6, 6.07) is 0. The molecule has 3 heteroatoms. The Kier molecular flexibility index (Phi) is 5.30. The molecule has 0 aromatic heterocycles. The highest BCUT2D eigenvalue weighted by molar-refractivity contribution is 5.86. The van der Waals surface area contributed by atoms with Crippen molar-refractivity contribution < 1.29 is 14.7 Å². The standard InChI is InChI=1S/C20H30O3/c1-14(2)6-5-7-15(3)17-9-11-19(4)10-8-16(12-21)20(17,13-22)18(19)23/h6,8,12-13,15,17-18,23H,5,7,9-11H2,1-4H3/t15-,17?,18+,19+,20?/m1/s1. The van der Waals surface area contributed by atoms with Gasteiger partial charge in [-0.3, -0.25) is 4.79 Å². The van der Waals surface area contributed by atoms with Gasteiger partial charge in [-0.15, -0.1) is 0 Å². The number of aliphatic hydroxyl groups excluding tert-OH is 1. The number of carbonyl (C=O) groups excluding carboxylic acids is 2. The van der Waals surface area contributed by atoms with Crippen LogP contribution in [0.25, 0.3) is 0 Å². The third-order valence-corrected chi connectivity index (χ3v) is 6.22. The molecule has 1 N–H and O–H groups in total. The molecule has 1 saturated carbocycles. The molecule has 1 fully saturated rings. The van der Waals surface area contributed by atoms with E-state index in [0.717, 1.165) is 38.3 Å². The van der Waals surface area contributed by atoms with Crippen LogP contribution in [-0.4, -0.2) is 23.8 Å². The van der Waals surface area contributed by atoms with E-state index in [2.05, 4.69) is 26.8 Å². The van der Waals surface area contributed by atoms with Crippen LogP contribution in [0.5, 0.6) is 0 Å². The third kappa shape index (κ3) is 2.96. The van der Waals surface area contributed by atoms with E-state index in [4.69, 9.17) is 0 Å². The predicted octanol–water partition coefficient (Wildman–Crippen LogP) is 3.86. The van der Waals surface area contributed by atoms with E-state index in [9.17, 15) is 14.7 Å². The molecule has 23 heavy (non-hydrogen) atoms. The SMILES string of the molecule is CC(C)=CCC[C@@H](C)C1CC[C@]2(C)CC=C(C=O)C1(C=O)[C@H]2O. The van der Waals surface area contributed by atoms with Crippen molar-refractivity contribution in [2.75, 3.05) is 0 Å². The maximum atomic E-state index is 12.1. The van der Waals surface area contributed by atoms with Gasteiger partial charge in [0, 0.05) is 5.57 Å². The summed E-state index contributed by atoms with van der Waals surface area (Å²) < 4.78 is 0. The zero-order chi connectivity index (χ0) is 17.3. The number of carbonyl (C=O) groups is 2. The van der Waals surface area contributed by atoms with E-state index in [0.29, 0.717) is 12.0 Å². The lowest BCUT2D eigenvalue weighted by atomic mass is 9.48. The number of fused-ring (bicyclic) bond motifs is 2. The number of aldehydes is 2. The summed E-state index contributed by atoms with van der Waals surface area (Å²) in [6.07, 6.45) is 9.43. The molecule has 128 valence electrons. The molecule has 2 rings (SSSR count). The van der Waals surface area contributed by atoms with Crippen molar-refractivity contribution in [1.82, 2.24) is 0 Å². The van der Waals surface area contributed by atoms with E-state index < -0.39 is 11.5 Å². The van der Waals surface area contributed by atoms with Crippen molar-refractivity contribution in [3.05, 3.63) is 23.3 Å². The van der Waals surface area contributed by atoms with E-state index in [1.807, 2.05) is 13.0 Å². The molecule has 0 amide bonds. The van der Waals surface area contributed by atoms with Gasteiger partial charge in [0.05, 0.1) is 11.5 Å². The first-order chi connectivity index (χ1) is 10.8. The molecule has 0 aromatic carbocycles. The number of hydrogen-bond donors (Lipinski definition) is 1. The maximum Gasteiger partial charge on any atom is 0.146 e. The van der Waals surface area contributed by atoms with Crippen molar-refractivity contribution in [1.29, 1.82) is 0 Å². The highest BCUT2D eigenvalue weighted by Gasteiger charge is 2.60. The molecule has 5 atom stereocenters. The fourth-order valence-corrected chi connectivity index (χ4v) is 4.71. The maximum absolute atomic E-state index is 12.1. The second-order valence-electron chi connectivity index (χ2n) is 8.07. The first kappa shape index (κ1) is 18.1. The largest absolute Gasteiger partial charge is 0.391 e. The van der Waals surface area contributed by atoms with E-state index in [1.54, 1.807) is 0 Å². The zero-order valence-corrected chi connectivity index (χ0v) is 14.8. The average Bonchev–Trinajstić information content (AvgIpc) is 2.49. The minimum Gasteiger partial charge on any atom is -0.391 e. The Morgan fingerprint density at radius 3 is 2.70 bits per heavy atom. The van der Waals surface area contributed by atoms with Crippen molar-refractivity contribution in [3.63, 3.8) is 0 Å². The summed E-state index contributed by atoms with van der Waals surface area (Å²) in [7, 11) is 0. The normalized spacial score (nSPS) is 37.5. The Balaban J connectivity index is 2.34. The molecule has 0 aliphatic heterocycles. The lowest BCUT2D eigenvalue weighted by Gasteiger charge is -2.56. The van der Waals surface area contributed by atoms with Crippen LogP contribution in [0.2, 0.25) is 0 Å². The summed E-state index contributed by atoms with van der Waals surface area (Å²) in [4.78, 5) is 23.7. The summed E-state index contributed by atoms with van der Waals surface area (Å²) in [5, 5.41) is 11.0. The lowest BCUT2D eigenvalue weighted by molar-refractivity contribution is -0.153. The van der Waals surface area contributed by atoms with Crippen LogP contribution in [0.4, 0.5) is 0 Å². The van der Waals surface area contributed by atoms with Gasteiger partial charge in [0.2, 0.25) is 0 Å². The molecule has 3 nitrogen and oxygen atoms in total. The number of allylic oxidation sites excluding steroid dienone is 3. The number of hydrogen-bond acceptors (Lipinski definition) is 3. The molecule has 0 spiro atoms. The number of rotatable bonds is 6. The molecule has 2 aliphatic rings. The van der Waals surface area contributed by atoms with Crippen LogP contribution in [0, 0.1) is 22.7 Å². The fraction of sp³-hybridized carbons (Fsp3) is 0.700. The first-order valence-corrected chi connectivity index (χ1v) is 8.75. The Morgan fingerprint density at radius 2 is 2.13 bits per heavy atom. The molecular formula is C20H30O3. The minimum absolute atomic E-state index is 0.0328. The highest BCUT2D eigenvalue weighted by Crippen LogP contribution is 2.59. The van der Waals surface area contributed by atoms with Crippen LogP contribution >= 0.6 is 0 Å². The minimum atomic E-state index is -1.02. The predicted molar refractivity (Wildman–Crippen MR) is 91.9 cm³/mol. The molecule has 0 heterocycles. The van der Waals surface area contributed by atoms with Crippen molar-refractivity contribution in [2.24, 2.45) is 22.7 Å². The van der Waals surface area contributed by atoms with Crippen LogP contribution in [0.1, 0.15) is 59.8 Å². The molecule has 0 aromatic rings. The van der Waals surface area contributed by atoms with Gasteiger partial charge in [0.1, 0.15) is 12.6 Å². The molecule has 2 unspecified atom stereocenters. The Morgan fingerprint density at radius 1 is 1.43 bits per heavy atom. The van der Waals surface area contributed by atoms with Crippen LogP contribution in [-0.2, 0) is 9.59 Å². The second kappa shape index (κ2) is 6.72. The van der Waals surface area contributed by atoms with Crippen molar-refractivity contribution >= 4 is 12.6 Å². The van der Waals surface area contributed by atoms with Crippen LogP contribution in [0.3, 0.4) is 0 Å². The zero-order valence-electron chi connectivity index (χ0n) is 14.8. The van der Waals surface area contributed by atoms with E-state index in [-0.39, 0.29) is 17.3 Å². The fourth-order valence-electron chi connectivity index (χ4n) is 4.71. The summed E-state index contributed by atoms with van der Waals surface area (Å²) in [6.45, 7) is 8.36. The molecule has 0 radical (unpaired) electrons. The van der Waals surface area contributed by atoms with Gasteiger partial charge in [-0.1, -0.05) is 31.6 Å². The Bertz CT molecular complexity index is 529. The summed E-state index contributed by atoms with van der Waals surface area (Å²) in [5.74, 6) is 0.321. The first-order valence-electron chi connectivity index (χ1n) is 8.75. The Hall–Kier alpha value is -1.22. The van der Waals surface area contributed by atoms with Gasteiger partial charge in [-0.05, 0) is 63.2 Å². The average molecular weight is 318 g/mol. The van der Waals surface area contributed by atoms with E-state index in [1.165, 1.54) is 5.57 Å². The topological polar surface area (TPSA) is 54.4 Å². The lowest BCUT2D eigenvalue weighted by Crippen LogP contribution is -2.59. The van der Waals surface area contributed by atoms with Gasteiger partial charge in [-0.2, -0.15) is 0 Å². The molecule has 2 aliphatic carbocycles. The quantitative estimate of drug-likeness (QED) is 0.597. The van der Waals surface area contributed by atoms with Crippen molar-refractivity contribution in [3.8, 4) is 0 Å². The van der Waals surface area contributed by atoms with Gasteiger partial charge < -0.3 is 9.90 Å². The second-order valence-corrected chi connectivity index (χ2v) is 8.07. The summed E-state index contributed by atoms with van der Waals surface area (Å²) >= 11 is 0. The molecule has 2 bridgehead atoms. The van der Waals surface area contributed by atoms with Crippen LogP contribution in [0.15, 0.2) is 23.3 Å². The van der Waals surface area contributed by atoms with Gasteiger partial charge in [0.25, 0.3) is 0 Å². The van der Waals surface area contributed by atoms with Gasteiger partial charge in [-0.25, -0.2) is 0 Å². The van der Waals surface area contributed by atoms with Crippen LogP contribution < -0.4 is 0 Å². The smallest absolute Gasteiger partial charge is 0.146 e. The monoisotopic (exact) mass is 318 g/mol. The van der Waals surface area contributed by atoms with E-state index >= 15 is 0 Å². The van der Waals surface area contributed by atoms with Gasteiger partial charge >= 0.3 is 0 Å². The molecular weight excluding hydrogens is 288 g/mol.